The zero-order valence-electron chi connectivity index (χ0n) is 16.6. The van der Waals surface area contributed by atoms with E-state index in [-0.39, 0.29) is 25.4 Å². The van der Waals surface area contributed by atoms with E-state index in [9.17, 15) is 9.18 Å². The summed E-state index contributed by atoms with van der Waals surface area (Å²) in [5, 5.41) is 12.0. The Kier molecular flexibility index (Phi) is 5.26. The van der Waals surface area contributed by atoms with Crippen molar-refractivity contribution in [1.82, 2.24) is 24.9 Å². The molecule has 1 aromatic carbocycles. The first kappa shape index (κ1) is 20.4. The summed E-state index contributed by atoms with van der Waals surface area (Å²) in [6.07, 6.45) is 7.63. The first-order chi connectivity index (χ1) is 14.0. The number of carbonyl (C=O) groups is 1. The molecule has 8 heteroatoms. The monoisotopic (exact) mass is 413 g/mol. The van der Waals surface area contributed by atoms with E-state index in [1.54, 1.807) is 7.05 Å². The zero-order chi connectivity index (χ0) is 20.1. The number of rotatable bonds is 5. The summed E-state index contributed by atoms with van der Waals surface area (Å²) >= 11 is 0. The molecule has 0 radical (unpaired) electrons. The lowest BCUT2D eigenvalue weighted by molar-refractivity contribution is -0.119. The van der Waals surface area contributed by atoms with Crippen LogP contribution in [0, 0.1) is 11.9 Å². The second-order valence-electron chi connectivity index (χ2n) is 8.17. The molecule has 0 unspecified atom stereocenters. The Balaban J connectivity index is 0.00000218. The largest absolute Gasteiger partial charge is 0.489 e. The van der Waals surface area contributed by atoms with E-state index in [0.29, 0.717) is 35.7 Å². The van der Waals surface area contributed by atoms with Crippen LogP contribution in [0.15, 0.2) is 24.5 Å². The van der Waals surface area contributed by atoms with Gasteiger partial charge in [-0.05, 0) is 43.9 Å². The number of hydrogen-bond acceptors (Lipinski definition) is 4. The van der Waals surface area contributed by atoms with Crippen molar-refractivity contribution in [1.29, 1.82) is 0 Å². The molecule has 3 aromatic rings. The lowest BCUT2D eigenvalue weighted by Crippen LogP contribution is -2.25. The number of benzene rings is 1. The maximum absolute atomic E-state index is 14.7. The highest BCUT2D eigenvalue weighted by molar-refractivity contribution is 5.90. The molecular weight excluding hydrogens is 385 g/mol. The second-order valence-corrected chi connectivity index (χ2v) is 8.17. The van der Waals surface area contributed by atoms with Gasteiger partial charge in [0, 0.05) is 37.7 Å². The van der Waals surface area contributed by atoms with Crippen molar-refractivity contribution in [2.24, 2.45) is 13.0 Å². The van der Waals surface area contributed by atoms with Gasteiger partial charge in [-0.15, -0.1) is 0 Å². The highest BCUT2D eigenvalue weighted by Crippen LogP contribution is 2.37. The molecule has 3 heterocycles. The summed E-state index contributed by atoms with van der Waals surface area (Å²) in [5.41, 5.74) is 2.39. The number of fused-ring (bicyclic) bond motifs is 1. The number of nitrogens with one attached hydrogen (secondary N) is 1. The summed E-state index contributed by atoms with van der Waals surface area (Å²) in [6.45, 7) is 2.50. The highest BCUT2D eigenvalue weighted by Gasteiger charge is 2.29. The van der Waals surface area contributed by atoms with Crippen LogP contribution in [0.4, 0.5) is 4.39 Å². The van der Waals surface area contributed by atoms with Crippen LogP contribution in [0.5, 0.6) is 5.75 Å². The molecule has 1 saturated heterocycles. The Morgan fingerprint density at radius 2 is 2.10 bits per heavy atom. The molecule has 0 spiro atoms. The minimum atomic E-state index is -0.431. The van der Waals surface area contributed by atoms with Gasteiger partial charge in [-0.1, -0.05) is 7.43 Å². The van der Waals surface area contributed by atoms with E-state index in [2.05, 4.69) is 15.5 Å². The minimum Gasteiger partial charge on any atom is -0.489 e. The minimum absolute atomic E-state index is 0. The fourth-order valence-electron chi connectivity index (χ4n) is 4.11. The second kappa shape index (κ2) is 7.74. The van der Waals surface area contributed by atoms with Gasteiger partial charge in [-0.25, -0.2) is 4.68 Å². The van der Waals surface area contributed by atoms with Crippen LogP contribution >= 0.6 is 0 Å². The Bertz CT molecular complexity index is 1080. The van der Waals surface area contributed by atoms with Gasteiger partial charge in [0.1, 0.15) is 11.9 Å². The summed E-state index contributed by atoms with van der Waals surface area (Å²) < 4.78 is 24.2. The predicted octanol–water partition coefficient (Wildman–Crippen LogP) is 3.84. The predicted molar refractivity (Wildman–Crippen MR) is 113 cm³/mol. The quantitative estimate of drug-likeness (QED) is 0.690. The summed E-state index contributed by atoms with van der Waals surface area (Å²) in [6, 6.07) is 4.21. The number of ether oxygens (including phenoxy) is 1. The van der Waals surface area contributed by atoms with Crippen molar-refractivity contribution in [2.75, 3.05) is 6.54 Å². The normalized spacial score (nSPS) is 20.0. The fraction of sp³-hybridized carbons (Fsp3) is 0.500. The molecule has 30 heavy (non-hydrogen) atoms. The molecule has 2 atom stereocenters. The van der Waals surface area contributed by atoms with E-state index >= 15 is 0 Å². The Morgan fingerprint density at radius 1 is 1.30 bits per heavy atom. The number of carbonyl (C=O) groups excluding carboxylic acids is 1. The number of aryl methyl sites for hydroxylation is 1. The van der Waals surface area contributed by atoms with Gasteiger partial charge in [0.15, 0.2) is 0 Å². The van der Waals surface area contributed by atoms with Crippen LogP contribution in [-0.4, -0.2) is 38.1 Å². The molecule has 1 amide bonds. The summed E-state index contributed by atoms with van der Waals surface area (Å²) in [4.78, 5) is 11.6. The first-order valence-electron chi connectivity index (χ1n) is 10.1. The van der Waals surface area contributed by atoms with Crippen LogP contribution in [-0.2, 0) is 11.8 Å². The van der Waals surface area contributed by atoms with Crippen molar-refractivity contribution in [3.8, 4) is 16.9 Å². The topological polar surface area (TPSA) is 74.0 Å². The van der Waals surface area contributed by atoms with Gasteiger partial charge in [0.25, 0.3) is 0 Å². The molecule has 2 aliphatic rings. The zero-order valence-corrected chi connectivity index (χ0v) is 16.6. The highest BCUT2D eigenvalue weighted by atomic mass is 19.1. The molecule has 160 valence electrons. The summed E-state index contributed by atoms with van der Waals surface area (Å²) in [5.74, 6) is 0.105. The van der Waals surface area contributed by atoms with Crippen molar-refractivity contribution >= 4 is 16.8 Å². The SMILES string of the molecule is C.C[C@@H](Oc1cc(-c2cnn(C3CCC3)c2)cc2nn(C)c(F)c12)[C@H]1CNC(=O)C1. The van der Waals surface area contributed by atoms with Crippen LogP contribution in [0.2, 0.25) is 0 Å². The Hall–Kier alpha value is -2.90. The molecule has 0 bridgehead atoms. The first-order valence-corrected chi connectivity index (χ1v) is 10.1. The number of hydrogen-bond donors (Lipinski definition) is 1. The molecule has 2 fully saturated rings. The number of amides is 1. The Labute approximate surface area is 175 Å². The molecule has 2 aromatic heterocycles. The van der Waals surface area contributed by atoms with Gasteiger partial charge in [-0.2, -0.15) is 14.6 Å². The van der Waals surface area contributed by atoms with E-state index in [1.807, 2.05) is 36.1 Å². The van der Waals surface area contributed by atoms with Crippen LogP contribution in [0.25, 0.3) is 22.0 Å². The molecule has 5 rings (SSSR count). The fourth-order valence-corrected chi connectivity index (χ4v) is 4.11. The van der Waals surface area contributed by atoms with Crippen LogP contribution < -0.4 is 10.1 Å². The van der Waals surface area contributed by atoms with Crippen LogP contribution in [0.3, 0.4) is 0 Å². The average molecular weight is 413 g/mol. The lowest BCUT2D eigenvalue weighted by atomic mass is 9.93. The maximum Gasteiger partial charge on any atom is 0.222 e. The van der Waals surface area contributed by atoms with Crippen molar-refractivity contribution in [3.05, 3.63) is 30.5 Å². The average Bonchev–Trinajstić information content (AvgIpc) is 3.34. The molecule has 1 saturated carbocycles. The molecule has 7 nitrogen and oxygen atoms in total. The van der Waals surface area contributed by atoms with Gasteiger partial charge < -0.3 is 10.1 Å². The lowest BCUT2D eigenvalue weighted by Gasteiger charge is -2.25. The third-order valence-corrected chi connectivity index (χ3v) is 6.20. The van der Waals surface area contributed by atoms with Crippen molar-refractivity contribution in [3.63, 3.8) is 0 Å². The Morgan fingerprint density at radius 3 is 2.77 bits per heavy atom. The molecular formula is C22H28FN5O2. The van der Waals surface area contributed by atoms with E-state index in [0.717, 1.165) is 24.0 Å². The maximum atomic E-state index is 14.7. The standard InChI is InChI=1S/C21H24FN5O2.CH4/c1-12(14-8-19(28)23-9-14)29-18-7-13(6-17-20(18)21(22)26(2)25-17)15-10-24-27(11-15)16-4-3-5-16;/h6-7,10-12,14,16H,3-5,8-9H2,1-2H3,(H,23,28);1H4/t12-,14-;/m1./s1. The third-order valence-electron chi connectivity index (χ3n) is 6.20. The van der Waals surface area contributed by atoms with E-state index < -0.39 is 5.95 Å². The van der Waals surface area contributed by atoms with Crippen LogP contribution in [0.1, 0.15) is 46.1 Å². The molecule has 1 N–H and O–H groups in total. The van der Waals surface area contributed by atoms with Gasteiger partial charge >= 0.3 is 0 Å². The third kappa shape index (κ3) is 3.44. The van der Waals surface area contributed by atoms with E-state index in [1.165, 1.54) is 11.1 Å². The van der Waals surface area contributed by atoms with Gasteiger partial charge in [0.2, 0.25) is 11.9 Å². The van der Waals surface area contributed by atoms with Gasteiger partial charge in [-0.3, -0.25) is 9.48 Å². The van der Waals surface area contributed by atoms with Crippen molar-refractivity contribution in [2.45, 2.75) is 52.2 Å². The molecule has 1 aliphatic carbocycles. The van der Waals surface area contributed by atoms with Crippen molar-refractivity contribution < 1.29 is 13.9 Å². The smallest absolute Gasteiger partial charge is 0.222 e. The van der Waals surface area contributed by atoms with E-state index in [4.69, 9.17) is 4.74 Å². The number of nitrogens with zero attached hydrogens (tertiary/aromatic N) is 4. The number of aromatic nitrogens is 4. The summed E-state index contributed by atoms with van der Waals surface area (Å²) in [7, 11) is 1.58. The van der Waals surface area contributed by atoms with Gasteiger partial charge in [0.05, 0.1) is 23.1 Å². The molecule has 1 aliphatic heterocycles. The number of halogens is 1.